The van der Waals surface area contributed by atoms with Crippen LogP contribution < -0.4 is 0 Å². The summed E-state index contributed by atoms with van der Waals surface area (Å²) in [5.74, 6) is -0.0487. The molecular weight excluding hydrogens is 244 g/mol. The molecular formula is C19H22O. The van der Waals surface area contributed by atoms with Gasteiger partial charge in [0.15, 0.2) is 0 Å². The standard InChI is InChI=1S/C19H22O/c1-3-18(17-12-8-5-9-13-17)19(2,20)15-14-16-10-6-4-7-11-16/h3-13,18,20H,1,14-15H2,2H3. The van der Waals surface area contributed by atoms with E-state index in [-0.39, 0.29) is 5.92 Å². The highest BCUT2D eigenvalue weighted by Gasteiger charge is 2.30. The highest BCUT2D eigenvalue weighted by molar-refractivity contribution is 5.27. The van der Waals surface area contributed by atoms with Gasteiger partial charge in [-0.2, -0.15) is 0 Å². The first kappa shape index (κ1) is 14.5. The Bertz CT molecular complexity index is 528. The van der Waals surface area contributed by atoms with Gasteiger partial charge in [-0.3, -0.25) is 0 Å². The minimum atomic E-state index is -0.793. The van der Waals surface area contributed by atoms with Crippen LogP contribution in [0.4, 0.5) is 0 Å². The highest BCUT2D eigenvalue weighted by atomic mass is 16.3. The van der Waals surface area contributed by atoms with Crippen molar-refractivity contribution in [3.63, 3.8) is 0 Å². The molecule has 0 bridgehead atoms. The molecule has 0 heterocycles. The number of hydrogen-bond acceptors (Lipinski definition) is 1. The van der Waals surface area contributed by atoms with Crippen LogP contribution in [0.15, 0.2) is 73.3 Å². The smallest absolute Gasteiger partial charge is 0.0725 e. The van der Waals surface area contributed by atoms with Crippen LogP contribution >= 0.6 is 0 Å². The fraction of sp³-hybridized carbons (Fsp3) is 0.263. The molecule has 104 valence electrons. The lowest BCUT2D eigenvalue weighted by Gasteiger charge is -2.31. The summed E-state index contributed by atoms with van der Waals surface area (Å²) in [5.41, 5.74) is 1.57. The molecule has 0 aliphatic rings. The third kappa shape index (κ3) is 3.58. The summed E-state index contributed by atoms with van der Waals surface area (Å²) in [6.45, 7) is 5.80. The van der Waals surface area contributed by atoms with Crippen molar-refractivity contribution in [1.82, 2.24) is 0 Å². The van der Waals surface area contributed by atoms with Crippen molar-refractivity contribution < 1.29 is 5.11 Å². The zero-order valence-corrected chi connectivity index (χ0v) is 12.0. The zero-order valence-electron chi connectivity index (χ0n) is 12.0. The third-order valence-corrected chi connectivity index (χ3v) is 3.83. The van der Waals surface area contributed by atoms with Crippen molar-refractivity contribution in [2.24, 2.45) is 0 Å². The van der Waals surface area contributed by atoms with E-state index < -0.39 is 5.60 Å². The van der Waals surface area contributed by atoms with Gasteiger partial charge in [-0.25, -0.2) is 0 Å². The monoisotopic (exact) mass is 266 g/mol. The molecule has 0 fully saturated rings. The molecule has 1 heteroatoms. The van der Waals surface area contributed by atoms with Crippen LogP contribution in [0.3, 0.4) is 0 Å². The van der Waals surface area contributed by atoms with Gasteiger partial charge < -0.3 is 5.11 Å². The fourth-order valence-corrected chi connectivity index (χ4v) is 2.61. The Morgan fingerprint density at radius 1 is 1.05 bits per heavy atom. The van der Waals surface area contributed by atoms with Crippen LogP contribution in [0.1, 0.15) is 30.4 Å². The average molecular weight is 266 g/mol. The second-order valence-electron chi connectivity index (χ2n) is 5.47. The molecule has 2 unspecified atom stereocenters. The van der Waals surface area contributed by atoms with E-state index in [1.807, 2.05) is 61.5 Å². The lowest BCUT2D eigenvalue weighted by molar-refractivity contribution is 0.0366. The van der Waals surface area contributed by atoms with E-state index in [2.05, 4.69) is 18.7 Å². The molecule has 2 aromatic carbocycles. The van der Waals surface area contributed by atoms with Crippen LogP contribution in [0.2, 0.25) is 0 Å². The van der Waals surface area contributed by atoms with Crippen LogP contribution in [0.25, 0.3) is 0 Å². The van der Waals surface area contributed by atoms with E-state index in [1.165, 1.54) is 5.56 Å². The summed E-state index contributed by atoms with van der Waals surface area (Å²) in [4.78, 5) is 0. The fourth-order valence-electron chi connectivity index (χ4n) is 2.61. The van der Waals surface area contributed by atoms with E-state index in [1.54, 1.807) is 0 Å². The van der Waals surface area contributed by atoms with Crippen molar-refractivity contribution in [3.8, 4) is 0 Å². The summed E-state index contributed by atoms with van der Waals surface area (Å²) in [5, 5.41) is 10.8. The van der Waals surface area contributed by atoms with Gasteiger partial charge in [0.1, 0.15) is 0 Å². The molecule has 0 aliphatic heterocycles. The molecule has 2 atom stereocenters. The van der Waals surface area contributed by atoms with Gasteiger partial charge in [0, 0.05) is 5.92 Å². The normalized spacial score (nSPS) is 15.3. The Hall–Kier alpha value is -1.86. The van der Waals surface area contributed by atoms with Gasteiger partial charge in [-0.05, 0) is 30.9 Å². The zero-order chi connectivity index (χ0) is 14.4. The molecule has 0 aromatic heterocycles. The first-order chi connectivity index (χ1) is 9.63. The largest absolute Gasteiger partial charge is 0.389 e. The molecule has 1 N–H and O–H groups in total. The molecule has 0 radical (unpaired) electrons. The van der Waals surface area contributed by atoms with E-state index in [9.17, 15) is 5.11 Å². The summed E-state index contributed by atoms with van der Waals surface area (Å²) in [6.07, 6.45) is 3.42. The van der Waals surface area contributed by atoms with Gasteiger partial charge in [0.05, 0.1) is 5.60 Å². The maximum atomic E-state index is 10.8. The summed E-state index contributed by atoms with van der Waals surface area (Å²) in [7, 11) is 0. The second-order valence-corrected chi connectivity index (χ2v) is 5.47. The van der Waals surface area contributed by atoms with Crippen LogP contribution in [0.5, 0.6) is 0 Å². The molecule has 20 heavy (non-hydrogen) atoms. The van der Waals surface area contributed by atoms with Crippen LogP contribution in [-0.2, 0) is 6.42 Å². The van der Waals surface area contributed by atoms with Gasteiger partial charge in [-0.15, -0.1) is 6.58 Å². The van der Waals surface area contributed by atoms with Crippen LogP contribution in [0, 0.1) is 0 Å². The minimum Gasteiger partial charge on any atom is -0.389 e. The quantitative estimate of drug-likeness (QED) is 0.771. The van der Waals surface area contributed by atoms with Crippen molar-refractivity contribution in [1.29, 1.82) is 0 Å². The lowest BCUT2D eigenvalue weighted by atomic mass is 9.80. The number of aryl methyl sites for hydroxylation is 1. The van der Waals surface area contributed by atoms with Crippen LogP contribution in [-0.4, -0.2) is 10.7 Å². The minimum absolute atomic E-state index is 0.0487. The molecule has 0 spiro atoms. The van der Waals surface area contributed by atoms with E-state index in [0.717, 1.165) is 12.0 Å². The first-order valence-corrected chi connectivity index (χ1v) is 7.07. The number of benzene rings is 2. The Balaban J connectivity index is 2.10. The molecule has 0 saturated heterocycles. The van der Waals surface area contributed by atoms with Gasteiger partial charge >= 0.3 is 0 Å². The molecule has 0 saturated carbocycles. The maximum absolute atomic E-state index is 10.8. The van der Waals surface area contributed by atoms with Crippen molar-refractivity contribution in [2.75, 3.05) is 0 Å². The Morgan fingerprint density at radius 3 is 2.15 bits per heavy atom. The van der Waals surface area contributed by atoms with Gasteiger partial charge in [-0.1, -0.05) is 66.7 Å². The van der Waals surface area contributed by atoms with Crippen molar-refractivity contribution in [3.05, 3.63) is 84.4 Å². The van der Waals surface area contributed by atoms with Gasteiger partial charge in [0.25, 0.3) is 0 Å². The number of rotatable bonds is 6. The summed E-state index contributed by atoms with van der Waals surface area (Å²) in [6, 6.07) is 20.4. The topological polar surface area (TPSA) is 20.2 Å². The Labute approximate surface area is 121 Å². The molecule has 2 rings (SSSR count). The number of hydrogen-bond donors (Lipinski definition) is 1. The predicted octanol–water partition coefficient (Wildman–Crippen LogP) is 4.34. The molecule has 1 nitrogen and oxygen atoms in total. The Morgan fingerprint density at radius 2 is 1.60 bits per heavy atom. The summed E-state index contributed by atoms with van der Waals surface area (Å²) < 4.78 is 0. The molecule has 0 aliphatic carbocycles. The highest BCUT2D eigenvalue weighted by Crippen LogP contribution is 2.32. The molecule has 0 amide bonds. The third-order valence-electron chi connectivity index (χ3n) is 3.83. The van der Waals surface area contributed by atoms with E-state index in [4.69, 9.17) is 0 Å². The second kappa shape index (κ2) is 6.53. The van der Waals surface area contributed by atoms with Gasteiger partial charge in [0.2, 0.25) is 0 Å². The Kier molecular flexibility index (Phi) is 4.75. The maximum Gasteiger partial charge on any atom is 0.0725 e. The van der Waals surface area contributed by atoms with E-state index in [0.29, 0.717) is 6.42 Å². The number of aliphatic hydroxyl groups is 1. The predicted molar refractivity (Wildman–Crippen MR) is 84.8 cm³/mol. The summed E-state index contributed by atoms with van der Waals surface area (Å²) >= 11 is 0. The SMILES string of the molecule is C=CC(c1ccccc1)C(C)(O)CCc1ccccc1. The first-order valence-electron chi connectivity index (χ1n) is 7.07. The molecule has 2 aromatic rings. The average Bonchev–Trinajstić information content (AvgIpc) is 2.48. The lowest BCUT2D eigenvalue weighted by Crippen LogP contribution is -2.32. The van der Waals surface area contributed by atoms with Crippen molar-refractivity contribution in [2.45, 2.75) is 31.3 Å². The van der Waals surface area contributed by atoms with E-state index >= 15 is 0 Å². The van der Waals surface area contributed by atoms with Crippen molar-refractivity contribution >= 4 is 0 Å².